The predicted molar refractivity (Wildman–Crippen MR) is 62.5 cm³/mol. The van der Waals surface area contributed by atoms with Gasteiger partial charge in [0.15, 0.2) is 5.76 Å². The molecular weight excluding hydrogens is 256 g/mol. The summed E-state index contributed by atoms with van der Waals surface area (Å²) < 4.78 is 6.42. The van der Waals surface area contributed by atoms with E-state index in [4.69, 9.17) is 9.52 Å². The van der Waals surface area contributed by atoms with Gasteiger partial charge in [0, 0.05) is 11.8 Å². The minimum Gasteiger partial charge on any atom is -0.447 e. The van der Waals surface area contributed by atoms with Crippen LogP contribution in [0.4, 0.5) is 0 Å². The summed E-state index contributed by atoms with van der Waals surface area (Å²) in [5.74, 6) is 6.32. The summed E-state index contributed by atoms with van der Waals surface area (Å²) in [5.41, 5.74) is 0.817. The summed E-state index contributed by atoms with van der Waals surface area (Å²) >= 11 is 3.45. The van der Waals surface area contributed by atoms with Gasteiger partial charge in [-0.15, -0.1) is 0 Å². The lowest BCUT2D eigenvalue weighted by atomic mass is 10.2. The number of benzene rings is 1. The Labute approximate surface area is 96.0 Å². The van der Waals surface area contributed by atoms with E-state index in [0.29, 0.717) is 12.2 Å². The van der Waals surface area contributed by atoms with Crippen LogP contribution in [0.15, 0.2) is 33.2 Å². The molecule has 2 aromatic rings. The molecule has 0 aliphatic carbocycles. The minimum atomic E-state index is 0.0743. The van der Waals surface area contributed by atoms with E-state index < -0.39 is 0 Å². The maximum Gasteiger partial charge on any atom is 0.192 e. The number of aliphatic hydroxyl groups is 1. The van der Waals surface area contributed by atoms with E-state index in [1.54, 1.807) is 0 Å². The van der Waals surface area contributed by atoms with E-state index in [0.717, 1.165) is 15.4 Å². The van der Waals surface area contributed by atoms with Crippen LogP contribution in [0.1, 0.15) is 12.2 Å². The van der Waals surface area contributed by atoms with Crippen molar-refractivity contribution in [2.45, 2.75) is 6.42 Å². The van der Waals surface area contributed by atoms with Crippen molar-refractivity contribution in [3.05, 3.63) is 34.5 Å². The van der Waals surface area contributed by atoms with Crippen molar-refractivity contribution in [1.82, 2.24) is 0 Å². The fourth-order valence-corrected chi connectivity index (χ4v) is 1.80. The highest BCUT2D eigenvalue weighted by Gasteiger charge is 2.08. The van der Waals surface area contributed by atoms with Crippen LogP contribution in [0.5, 0.6) is 0 Å². The molecule has 0 bridgehead atoms. The molecule has 0 aliphatic rings. The lowest BCUT2D eigenvalue weighted by Crippen LogP contribution is -1.76. The molecule has 0 radical (unpaired) electrons. The summed E-state index contributed by atoms with van der Waals surface area (Å²) in [4.78, 5) is 0. The second-order valence-electron chi connectivity index (χ2n) is 3.02. The standard InChI is InChI=1S/C12H9BrO2/c13-12-9-5-1-2-6-10(9)15-11(12)7-3-4-8-14/h1-2,5-6,14H,4,8H2. The monoisotopic (exact) mass is 264 g/mol. The summed E-state index contributed by atoms with van der Waals surface area (Å²) in [6.45, 7) is 0.0743. The summed E-state index contributed by atoms with van der Waals surface area (Å²) in [7, 11) is 0. The van der Waals surface area contributed by atoms with Crippen molar-refractivity contribution in [2.24, 2.45) is 0 Å². The zero-order valence-corrected chi connectivity index (χ0v) is 9.54. The first-order valence-electron chi connectivity index (χ1n) is 4.59. The third-order valence-corrected chi connectivity index (χ3v) is 2.76. The Morgan fingerprint density at radius 3 is 2.87 bits per heavy atom. The van der Waals surface area contributed by atoms with Gasteiger partial charge >= 0.3 is 0 Å². The predicted octanol–water partition coefficient (Wildman–Crippen LogP) is 2.93. The average molecular weight is 265 g/mol. The third kappa shape index (κ3) is 2.06. The van der Waals surface area contributed by atoms with E-state index in [2.05, 4.69) is 27.8 Å². The Balaban J connectivity index is 2.46. The second-order valence-corrected chi connectivity index (χ2v) is 3.81. The van der Waals surface area contributed by atoms with E-state index in [-0.39, 0.29) is 6.61 Å². The van der Waals surface area contributed by atoms with Gasteiger partial charge in [0.1, 0.15) is 5.58 Å². The van der Waals surface area contributed by atoms with Gasteiger partial charge in [-0.2, -0.15) is 0 Å². The molecule has 2 rings (SSSR count). The molecule has 0 aliphatic heterocycles. The number of halogens is 1. The first-order chi connectivity index (χ1) is 7.33. The molecule has 3 heteroatoms. The SMILES string of the molecule is OCCC#Cc1oc2ccccc2c1Br. The summed E-state index contributed by atoms with van der Waals surface area (Å²) in [6, 6.07) is 7.74. The van der Waals surface area contributed by atoms with Crippen LogP contribution in [0.3, 0.4) is 0 Å². The van der Waals surface area contributed by atoms with E-state index in [1.165, 1.54) is 0 Å². The molecule has 1 aromatic carbocycles. The topological polar surface area (TPSA) is 33.4 Å². The van der Waals surface area contributed by atoms with Gasteiger partial charge in [-0.25, -0.2) is 0 Å². The average Bonchev–Trinajstić information content (AvgIpc) is 2.57. The molecule has 0 amide bonds. The highest BCUT2D eigenvalue weighted by Crippen LogP contribution is 2.29. The van der Waals surface area contributed by atoms with Crippen molar-refractivity contribution in [1.29, 1.82) is 0 Å². The number of hydrogen-bond acceptors (Lipinski definition) is 2. The quantitative estimate of drug-likeness (QED) is 0.804. The number of hydrogen-bond donors (Lipinski definition) is 1. The van der Waals surface area contributed by atoms with E-state index in [1.807, 2.05) is 24.3 Å². The lowest BCUT2D eigenvalue weighted by molar-refractivity contribution is 0.305. The number of rotatable bonds is 1. The van der Waals surface area contributed by atoms with Crippen LogP contribution in [0.25, 0.3) is 11.0 Å². The van der Waals surface area contributed by atoms with Crippen molar-refractivity contribution in [3.63, 3.8) is 0 Å². The molecule has 0 atom stereocenters. The molecule has 76 valence electrons. The molecular formula is C12H9BrO2. The Morgan fingerprint density at radius 2 is 2.13 bits per heavy atom. The number of para-hydroxylation sites is 1. The molecule has 2 nitrogen and oxygen atoms in total. The van der Waals surface area contributed by atoms with Gasteiger partial charge in [0.2, 0.25) is 0 Å². The molecule has 1 aromatic heterocycles. The molecule has 1 N–H and O–H groups in total. The molecule has 1 heterocycles. The minimum absolute atomic E-state index is 0.0743. The number of furan rings is 1. The number of fused-ring (bicyclic) bond motifs is 1. The lowest BCUT2D eigenvalue weighted by Gasteiger charge is -1.83. The first kappa shape index (κ1) is 10.3. The fraction of sp³-hybridized carbons (Fsp3) is 0.167. The van der Waals surface area contributed by atoms with E-state index in [9.17, 15) is 0 Å². The zero-order valence-electron chi connectivity index (χ0n) is 7.96. The maximum atomic E-state index is 8.61. The van der Waals surface area contributed by atoms with Crippen LogP contribution in [-0.4, -0.2) is 11.7 Å². The molecule has 0 saturated carbocycles. The highest BCUT2D eigenvalue weighted by molar-refractivity contribution is 9.10. The van der Waals surface area contributed by atoms with E-state index >= 15 is 0 Å². The Bertz CT molecular complexity index is 531. The fourth-order valence-electron chi connectivity index (χ4n) is 1.29. The smallest absolute Gasteiger partial charge is 0.192 e. The van der Waals surface area contributed by atoms with Gasteiger partial charge < -0.3 is 9.52 Å². The molecule has 0 spiro atoms. The maximum absolute atomic E-state index is 8.61. The van der Waals surface area contributed by atoms with Crippen LogP contribution in [0.2, 0.25) is 0 Å². The van der Waals surface area contributed by atoms with Crippen LogP contribution in [0, 0.1) is 11.8 Å². The summed E-state index contributed by atoms with van der Waals surface area (Å²) in [5, 5.41) is 9.63. The van der Waals surface area contributed by atoms with Gasteiger partial charge in [-0.1, -0.05) is 18.1 Å². The van der Waals surface area contributed by atoms with Crippen molar-refractivity contribution in [3.8, 4) is 11.8 Å². The zero-order chi connectivity index (χ0) is 10.7. The first-order valence-corrected chi connectivity index (χ1v) is 5.39. The molecule has 0 unspecified atom stereocenters. The van der Waals surface area contributed by atoms with Crippen molar-refractivity contribution in [2.75, 3.05) is 6.61 Å². The Hall–Kier alpha value is -1.24. The largest absolute Gasteiger partial charge is 0.447 e. The van der Waals surface area contributed by atoms with Crippen molar-refractivity contribution < 1.29 is 9.52 Å². The van der Waals surface area contributed by atoms with Gasteiger partial charge in [0.05, 0.1) is 11.1 Å². The van der Waals surface area contributed by atoms with Crippen LogP contribution >= 0.6 is 15.9 Å². The summed E-state index contributed by atoms with van der Waals surface area (Å²) in [6.07, 6.45) is 0.462. The van der Waals surface area contributed by atoms with Gasteiger partial charge in [-0.3, -0.25) is 0 Å². The van der Waals surface area contributed by atoms with Crippen LogP contribution < -0.4 is 0 Å². The highest BCUT2D eigenvalue weighted by atomic mass is 79.9. The van der Waals surface area contributed by atoms with Gasteiger partial charge in [-0.05, 0) is 34.0 Å². The Morgan fingerprint density at radius 1 is 1.33 bits per heavy atom. The molecule has 15 heavy (non-hydrogen) atoms. The van der Waals surface area contributed by atoms with Crippen molar-refractivity contribution >= 4 is 26.9 Å². The Kier molecular flexibility index (Phi) is 3.10. The third-order valence-electron chi connectivity index (χ3n) is 1.97. The normalized spacial score (nSPS) is 10.0. The number of aliphatic hydroxyl groups excluding tert-OH is 1. The second kappa shape index (κ2) is 4.52. The molecule has 0 saturated heterocycles. The van der Waals surface area contributed by atoms with Crippen LogP contribution in [-0.2, 0) is 0 Å². The van der Waals surface area contributed by atoms with Gasteiger partial charge in [0.25, 0.3) is 0 Å². The molecule has 0 fully saturated rings.